The maximum Gasteiger partial charge on any atom is 0.227 e. The van der Waals surface area contributed by atoms with Gasteiger partial charge in [0.05, 0.1) is 6.04 Å². The van der Waals surface area contributed by atoms with Crippen LogP contribution in [0.15, 0.2) is 53.3 Å². The van der Waals surface area contributed by atoms with Crippen LogP contribution in [0, 0.1) is 0 Å². The molecule has 3 aromatic rings. The van der Waals surface area contributed by atoms with E-state index in [0.29, 0.717) is 24.6 Å². The van der Waals surface area contributed by atoms with Crippen molar-refractivity contribution in [2.24, 2.45) is 0 Å². The molecular weight excluding hydrogens is 352 g/mol. The van der Waals surface area contributed by atoms with Crippen LogP contribution in [0.5, 0.6) is 0 Å². The first kappa shape index (κ1) is 18.3. The first-order chi connectivity index (χ1) is 13.5. The number of hydrogen-bond donors (Lipinski definition) is 1. The van der Waals surface area contributed by atoms with Crippen LogP contribution < -0.4 is 5.32 Å². The summed E-state index contributed by atoms with van der Waals surface area (Å²) in [7, 11) is 0. The second-order valence-corrected chi connectivity index (χ2v) is 7.88. The molecule has 1 atom stereocenters. The highest BCUT2D eigenvalue weighted by molar-refractivity contribution is 5.76. The van der Waals surface area contributed by atoms with E-state index in [1.807, 2.05) is 18.2 Å². The average molecular weight is 376 g/mol. The summed E-state index contributed by atoms with van der Waals surface area (Å²) in [6.07, 6.45) is 6.10. The van der Waals surface area contributed by atoms with Crippen LogP contribution in [-0.2, 0) is 16.6 Å². The molecule has 144 valence electrons. The quantitative estimate of drug-likeness (QED) is 0.728. The fourth-order valence-corrected chi connectivity index (χ4v) is 3.82. The molecule has 2 heterocycles. The number of fused-ring (bicyclic) bond motifs is 1. The van der Waals surface area contributed by atoms with Gasteiger partial charge in [-0.05, 0) is 41.5 Å². The molecule has 1 unspecified atom stereocenters. The van der Waals surface area contributed by atoms with Crippen LogP contribution in [0.1, 0.15) is 56.2 Å². The molecule has 0 saturated carbocycles. The molecule has 1 aliphatic rings. The number of benzene rings is 1. The minimum absolute atomic E-state index is 0.00294. The summed E-state index contributed by atoms with van der Waals surface area (Å²) in [5.41, 5.74) is 3.54. The minimum atomic E-state index is 0.00294. The number of carbonyl (C=O) groups is 1. The summed E-state index contributed by atoms with van der Waals surface area (Å²) >= 11 is 0. The molecule has 2 aromatic heterocycles. The molecule has 0 aliphatic heterocycles. The molecule has 1 N–H and O–H groups in total. The Kier molecular flexibility index (Phi) is 4.94. The summed E-state index contributed by atoms with van der Waals surface area (Å²) in [6.45, 7) is 4.53. The van der Waals surface area contributed by atoms with Crippen molar-refractivity contribution in [3.8, 4) is 11.4 Å². The van der Waals surface area contributed by atoms with E-state index in [0.717, 1.165) is 18.4 Å². The lowest BCUT2D eigenvalue weighted by Gasteiger charge is -2.37. The molecule has 0 saturated heterocycles. The second-order valence-electron chi connectivity index (χ2n) is 7.88. The van der Waals surface area contributed by atoms with Gasteiger partial charge in [0.15, 0.2) is 0 Å². The zero-order valence-corrected chi connectivity index (χ0v) is 16.2. The van der Waals surface area contributed by atoms with Gasteiger partial charge in [-0.3, -0.25) is 9.78 Å². The highest BCUT2D eigenvalue weighted by Crippen LogP contribution is 2.41. The number of pyridine rings is 1. The van der Waals surface area contributed by atoms with E-state index < -0.39 is 0 Å². The van der Waals surface area contributed by atoms with Crippen molar-refractivity contribution in [2.75, 3.05) is 0 Å². The van der Waals surface area contributed by atoms with E-state index in [1.54, 1.807) is 12.4 Å². The summed E-state index contributed by atoms with van der Waals surface area (Å²) in [5, 5.41) is 7.16. The van der Waals surface area contributed by atoms with Crippen molar-refractivity contribution in [3.05, 3.63) is 65.8 Å². The molecule has 6 nitrogen and oxygen atoms in total. The summed E-state index contributed by atoms with van der Waals surface area (Å²) in [6, 6.07) is 12.1. The van der Waals surface area contributed by atoms with Gasteiger partial charge < -0.3 is 9.84 Å². The Balaban J connectivity index is 1.37. The van der Waals surface area contributed by atoms with Crippen molar-refractivity contribution >= 4 is 5.91 Å². The van der Waals surface area contributed by atoms with Gasteiger partial charge in [0.2, 0.25) is 17.6 Å². The predicted molar refractivity (Wildman–Crippen MR) is 105 cm³/mol. The number of nitrogens with one attached hydrogen (secondary N) is 1. The lowest BCUT2D eigenvalue weighted by molar-refractivity contribution is -0.122. The second kappa shape index (κ2) is 7.54. The minimum Gasteiger partial charge on any atom is -0.349 e. The average Bonchev–Trinajstić information content (AvgIpc) is 3.19. The third-order valence-corrected chi connectivity index (χ3v) is 5.43. The molecule has 0 spiro atoms. The lowest BCUT2D eigenvalue weighted by atomic mass is 9.71. The Morgan fingerprint density at radius 3 is 2.82 bits per heavy atom. The van der Waals surface area contributed by atoms with Crippen LogP contribution in [-0.4, -0.2) is 21.0 Å². The predicted octanol–water partition coefficient (Wildman–Crippen LogP) is 3.99. The lowest BCUT2D eigenvalue weighted by Crippen LogP contribution is -2.35. The Bertz CT molecular complexity index is 965. The third-order valence-electron chi connectivity index (χ3n) is 5.43. The topological polar surface area (TPSA) is 80.9 Å². The monoisotopic (exact) mass is 376 g/mol. The van der Waals surface area contributed by atoms with Gasteiger partial charge >= 0.3 is 0 Å². The zero-order valence-electron chi connectivity index (χ0n) is 16.2. The normalized spacial score (nSPS) is 17.7. The molecule has 0 fully saturated rings. The van der Waals surface area contributed by atoms with Crippen LogP contribution in [0.4, 0.5) is 0 Å². The molecule has 0 bridgehead atoms. The van der Waals surface area contributed by atoms with Crippen LogP contribution in [0.2, 0.25) is 0 Å². The molecule has 28 heavy (non-hydrogen) atoms. The van der Waals surface area contributed by atoms with Crippen LogP contribution in [0.25, 0.3) is 11.4 Å². The van der Waals surface area contributed by atoms with Crippen LogP contribution >= 0.6 is 0 Å². The largest absolute Gasteiger partial charge is 0.349 e. The highest BCUT2D eigenvalue weighted by atomic mass is 16.5. The number of nitrogens with zero attached hydrogens (tertiary/aromatic N) is 3. The van der Waals surface area contributed by atoms with Gasteiger partial charge in [-0.15, -0.1) is 0 Å². The van der Waals surface area contributed by atoms with Crippen molar-refractivity contribution < 1.29 is 9.32 Å². The van der Waals surface area contributed by atoms with Crippen molar-refractivity contribution in [1.29, 1.82) is 0 Å². The molecule has 6 heteroatoms. The van der Waals surface area contributed by atoms with E-state index in [2.05, 4.69) is 52.5 Å². The smallest absolute Gasteiger partial charge is 0.227 e. The number of amides is 1. The Morgan fingerprint density at radius 1 is 1.21 bits per heavy atom. The Hall–Kier alpha value is -3.02. The van der Waals surface area contributed by atoms with E-state index in [4.69, 9.17) is 4.52 Å². The SMILES string of the molecule is CC1(C)CCC(NC(=O)CCc2nc(-c3ccncc3)no2)c2ccccc21. The van der Waals surface area contributed by atoms with E-state index in [-0.39, 0.29) is 17.4 Å². The van der Waals surface area contributed by atoms with Gasteiger partial charge in [0.1, 0.15) is 0 Å². The molecule has 0 radical (unpaired) electrons. The summed E-state index contributed by atoms with van der Waals surface area (Å²) in [5.74, 6) is 0.983. The first-order valence-electron chi connectivity index (χ1n) is 9.65. The van der Waals surface area contributed by atoms with Crippen molar-refractivity contribution in [3.63, 3.8) is 0 Å². The number of aromatic nitrogens is 3. The zero-order chi connectivity index (χ0) is 19.6. The standard InChI is InChI=1S/C22H24N4O2/c1-22(2)12-9-18(16-5-3-4-6-17(16)22)24-19(27)7-8-20-25-21(26-28-20)15-10-13-23-14-11-15/h3-6,10-11,13-14,18H,7-9,12H2,1-2H3,(H,24,27). The van der Waals surface area contributed by atoms with Gasteiger partial charge in [-0.1, -0.05) is 43.3 Å². The van der Waals surface area contributed by atoms with Crippen molar-refractivity contribution in [2.45, 2.75) is 51.0 Å². The van der Waals surface area contributed by atoms with E-state index in [9.17, 15) is 4.79 Å². The molecule has 1 amide bonds. The van der Waals surface area contributed by atoms with Gasteiger partial charge in [-0.25, -0.2) is 0 Å². The number of carbonyl (C=O) groups excluding carboxylic acids is 1. The third kappa shape index (κ3) is 3.81. The molecule has 1 aliphatic carbocycles. The Labute approximate surface area is 164 Å². The highest BCUT2D eigenvalue weighted by Gasteiger charge is 2.32. The molecular formula is C22H24N4O2. The summed E-state index contributed by atoms with van der Waals surface area (Å²) < 4.78 is 5.28. The first-order valence-corrected chi connectivity index (χ1v) is 9.65. The van der Waals surface area contributed by atoms with Gasteiger partial charge in [0, 0.05) is 30.8 Å². The van der Waals surface area contributed by atoms with E-state index in [1.165, 1.54) is 11.1 Å². The maximum atomic E-state index is 12.5. The Morgan fingerprint density at radius 2 is 2.00 bits per heavy atom. The van der Waals surface area contributed by atoms with Crippen molar-refractivity contribution in [1.82, 2.24) is 20.4 Å². The van der Waals surface area contributed by atoms with E-state index >= 15 is 0 Å². The van der Waals surface area contributed by atoms with Crippen LogP contribution in [0.3, 0.4) is 0 Å². The fourth-order valence-electron chi connectivity index (χ4n) is 3.82. The van der Waals surface area contributed by atoms with Gasteiger partial charge in [-0.2, -0.15) is 4.98 Å². The summed E-state index contributed by atoms with van der Waals surface area (Å²) in [4.78, 5) is 20.9. The number of rotatable bonds is 5. The number of hydrogen-bond acceptors (Lipinski definition) is 5. The molecule has 4 rings (SSSR count). The molecule has 1 aromatic carbocycles. The van der Waals surface area contributed by atoms with Gasteiger partial charge in [0.25, 0.3) is 0 Å². The fraction of sp³-hybridized carbons (Fsp3) is 0.364. The number of aryl methyl sites for hydroxylation is 1. The maximum absolute atomic E-state index is 12.5.